The molecule has 2 heteroatoms. The van der Waals surface area contributed by atoms with Gasteiger partial charge in [-0.3, -0.25) is 0 Å². The molecule has 104 valence electrons. The number of nitrogens with two attached hydrogens (primary N) is 1. The van der Waals surface area contributed by atoms with E-state index >= 15 is 0 Å². The fourth-order valence-corrected chi connectivity index (χ4v) is 2.29. The van der Waals surface area contributed by atoms with Crippen LogP contribution in [-0.2, 0) is 0 Å². The van der Waals surface area contributed by atoms with Crippen LogP contribution in [0.15, 0.2) is 72.8 Å². The minimum Gasteiger partial charge on any atom is -0.457 e. The Bertz CT molecular complexity index is 733. The van der Waals surface area contributed by atoms with Gasteiger partial charge in [0, 0.05) is 5.69 Å². The normalized spacial score (nSPS) is 10.3. The summed E-state index contributed by atoms with van der Waals surface area (Å²) < 4.78 is 5.80. The number of ether oxygens (including phenoxy) is 1. The molecular weight excluding hydrogens is 258 g/mol. The molecule has 0 atom stereocenters. The fourth-order valence-electron chi connectivity index (χ4n) is 2.29. The number of rotatable bonds is 3. The number of para-hydroxylation sites is 1. The quantitative estimate of drug-likeness (QED) is 0.680. The highest BCUT2D eigenvalue weighted by molar-refractivity contribution is 5.73. The van der Waals surface area contributed by atoms with Crippen LogP contribution >= 0.6 is 0 Å². The Morgan fingerprint density at radius 3 is 2.10 bits per heavy atom. The largest absolute Gasteiger partial charge is 0.457 e. The molecule has 0 heterocycles. The molecule has 0 aliphatic heterocycles. The summed E-state index contributed by atoms with van der Waals surface area (Å²) in [5.41, 5.74) is 10.2. The van der Waals surface area contributed by atoms with Gasteiger partial charge < -0.3 is 10.5 Å². The number of anilines is 1. The van der Waals surface area contributed by atoms with Crippen LogP contribution < -0.4 is 10.5 Å². The zero-order chi connectivity index (χ0) is 14.7. The van der Waals surface area contributed by atoms with Gasteiger partial charge in [0.05, 0.1) is 0 Å². The molecule has 2 nitrogen and oxygen atoms in total. The van der Waals surface area contributed by atoms with E-state index in [4.69, 9.17) is 10.5 Å². The zero-order valence-corrected chi connectivity index (χ0v) is 11.9. The topological polar surface area (TPSA) is 35.2 Å². The highest BCUT2D eigenvalue weighted by Gasteiger charge is 2.04. The van der Waals surface area contributed by atoms with Crippen molar-refractivity contribution in [3.05, 3.63) is 78.4 Å². The highest BCUT2D eigenvalue weighted by atomic mass is 16.5. The second-order valence-electron chi connectivity index (χ2n) is 4.96. The molecule has 0 saturated carbocycles. The summed E-state index contributed by atoms with van der Waals surface area (Å²) >= 11 is 0. The van der Waals surface area contributed by atoms with Crippen molar-refractivity contribution < 1.29 is 4.74 Å². The van der Waals surface area contributed by atoms with Crippen molar-refractivity contribution in [3.8, 4) is 22.6 Å². The molecule has 0 aliphatic carbocycles. The summed E-state index contributed by atoms with van der Waals surface area (Å²) in [5, 5.41) is 0. The van der Waals surface area contributed by atoms with E-state index < -0.39 is 0 Å². The Balaban J connectivity index is 1.86. The minimum absolute atomic E-state index is 0.817. The second kappa shape index (κ2) is 5.71. The first-order chi connectivity index (χ1) is 10.2. The molecule has 21 heavy (non-hydrogen) atoms. The smallest absolute Gasteiger partial charge is 0.127 e. The van der Waals surface area contributed by atoms with Gasteiger partial charge in [-0.2, -0.15) is 0 Å². The molecule has 0 aliphatic rings. The Hall–Kier alpha value is -2.74. The lowest BCUT2D eigenvalue weighted by atomic mass is 9.99. The summed E-state index contributed by atoms with van der Waals surface area (Å²) in [6.45, 7) is 2.04. The van der Waals surface area contributed by atoms with E-state index in [1.807, 2.05) is 61.5 Å². The minimum atomic E-state index is 0.817. The van der Waals surface area contributed by atoms with Gasteiger partial charge in [0.25, 0.3) is 0 Å². The van der Waals surface area contributed by atoms with Gasteiger partial charge in [-0.25, -0.2) is 0 Å². The first-order valence-electron chi connectivity index (χ1n) is 6.92. The van der Waals surface area contributed by atoms with Crippen molar-refractivity contribution >= 4 is 5.69 Å². The first-order valence-corrected chi connectivity index (χ1v) is 6.92. The highest BCUT2D eigenvalue weighted by Crippen LogP contribution is 2.29. The number of hydrogen-bond acceptors (Lipinski definition) is 2. The average Bonchev–Trinajstić information content (AvgIpc) is 2.52. The lowest BCUT2D eigenvalue weighted by molar-refractivity contribution is 0.483. The Morgan fingerprint density at radius 2 is 1.38 bits per heavy atom. The van der Waals surface area contributed by atoms with Crippen LogP contribution in [-0.4, -0.2) is 0 Å². The molecule has 0 fully saturated rings. The first kappa shape index (κ1) is 13.3. The molecule has 3 rings (SSSR count). The summed E-state index contributed by atoms with van der Waals surface area (Å²) in [6, 6.07) is 23.8. The van der Waals surface area contributed by atoms with Gasteiger partial charge in [0.1, 0.15) is 11.5 Å². The van der Waals surface area contributed by atoms with Crippen molar-refractivity contribution in [2.45, 2.75) is 6.92 Å². The molecule has 0 aromatic heterocycles. The number of benzene rings is 3. The third-order valence-electron chi connectivity index (χ3n) is 3.52. The van der Waals surface area contributed by atoms with Crippen molar-refractivity contribution in [2.75, 3.05) is 5.73 Å². The number of nitrogen functional groups attached to an aromatic ring is 1. The summed E-state index contributed by atoms with van der Waals surface area (Å²) in [6.07, 6.45) is 0. The Kier molecular flexibility index (Phi) is 3.61. The van der Waals surface area contributed by atoms with Crippen molar-refractivity contribution in [1.29, 1.82) is 0 Å². The summed E-state index contributed by atoms with van der Waals surface area (Å²) in [4.78, 5) is 0. The average molecular weight is 275 g/mol. The Morgan fingerprint density at radius 1 is 0.714 bits per heavy atom. The van der Waals surface area contributed by atoms with Gasteiger partial charge in [-0.15, -0.1) is 0 Å². The van der Waals surface area contributed by atoms with Crippen LogP contribution in [0.4, 0.5) is 5.69 Å². The van der Waals surface area contributed by atoms with Crippen LogP contribution in [0, 0.1) is 6.92 Å². The van der Waals surface area contributed by atoms with Crippen LogP contribution in [0.3, 0.4) is 0 Å². The van der Waals surface area contributed by atoms with Gasteiger partial charge in [0.15, 0.2) is 0 Å². The van der Waals surface area contributed by atoms with Crippen molar-refractivity contribution in [3.63, 3.8) is 0 Å². The molecule has 3 aromatic rings. The lowest BCUT2D eigenvalue weighted by Crippen LogP contribution is -1.92. The molecule has 0 amide bonds. The predicted molar refractivity (Wildman–Crippen MR) is 87.5 cm³/mol. The molecule has 0 bridgehead atoms. The zero-order valence-electron chi connectivity index (χ0n) is 11.9. The van der Waals surface area contributed by atoms with Crippen LogP contribution in [0.5, 0.6) is 11.5 Å². The van der Waals surface area contributed by atoms with Crippen LogP contribution in [0.25, 0.3) is 11.1 Å². The van der Waals surface area contributed by atoms with E-state index in [-0.39, 0.29) is 0 Å². The van der Waals surface area contributed by atoms with E-state index in [2.05, 4.69) is 18.2 Å². The molecule has 3 aromatic carbocycles. The number of hydrogen-bond donors (Lipinski definition) is 1. The van der Waals surface area contributed by atoms with E-state index in [0.29, 0.717) is 0 Å². The summed E-state index contributed by atoms with van der Waals surface area (Å²) in [7, 11) is 0. The van der Waals surface area contributed by atoms with Gasteiger partial charge in [-0.05, 0) is 53.9 Å². The van der Waals surface area contributed by atoms with Gasteiger partial charge >= 0.3 is 0 Å². The van der Waals surface area contributed by atoms with Crippen LogP contribution in [0.1, 0.15) is 5.56 Å². The SMILES string of the molecule is Cc1c(N)cccc1-c1ccc(Oc2ccccc2)cc1. The molecule has 2 N–H and O–H groups in total. The maximum Gasteiger partial charge on any atom is 0.127 e. The van der Waals surface area contributed by atoms with Crippen molar-refractivity contribution in [2.24, 2.45) is 0 Å². The maximum atomic E-state index is 5.97. The molecule has 0 saturated heterocycles. The fraction of sp³-hybridized carbons (Fsp3) is 0.0526. The Labute approximate surface area is 124 Å². The third kappa shape index (κ3) is 2.90. The van der Waals surface area contributed by atoms with E-state index in [1.54, 1.807) is 0 Å². The molecule has 0 radical (unpaired) electrons. The predicted octanol–water partition coefficient (Wildman–Crippen LogP) is 5.04. The van der Waals surface area contributed by atoms with E-state index in [1.165, 1.54) is 0 Å². The van der Waals surface area contributed by atoms with Crippen LogP contribution in [0.2, 0.25) is 0 Å². The standard InChI is InChI=1S/C19H17NO/c1-14-18(8-5-9-19(14)20)15-10-12-17(13-11-15)21-16-6-3-2-4-7-16/h2-13H,20H2,1H3. The summed E-state index contributed by atoms with van der Waals surface area (Å²) in [5.74, 6) is 1.66. The monoisotopic (exact) mass is 275 g/mol. The van der Waals surface area contributed by atoms with Gasteiger partial charge in [0.2, 0.25) is 0 Å². The molecule has 0 unspecified atom stereocenters. The van der Waals surface area contributed by atoms with Crippen molar-refractivity contribution in [1.82, 2.24) is 0 Å². The maximum absolute atomic E-state index is 5.97. The molecule has 0 spiro atoms. The van der Waals surface area contributed by atoms with E-state index in [9.17, 15) is 0 Å². The molecular formula is C19H17NO. The van der Waals surface area contributed by atoms with E-state index in [0.717, 1.165) is 33.9 Å². The third-order valence-corrected chi connectivity index (χ3v) is 3.52. The lowest BCUT2D eigenvalue weighted by Gasteiger charge is -2.10. The second-order valence-corrected chi connectivity index (χ2v) is 4.96. The van der Waals surface area contributed by atoms with Gasteiger partial charge in [-0.1, -0.05) is 42.5 Å².